The summed E-state index contributed by atoms with van der Waals surface area (Å²) in [7, 11) is -1.75. The third kappa shape index (κ3) is 2.05. The summed E-state index contributed by atoms with van der Waals surface area (Å²) in [5, 5.41) is 0.759. The zero-order valence-electron chi connectivity index (χ0n) is 13.5. The van der Waals surface area contributed by atoms with Crippen molar-refractivity contribution < 1.29 is 4.48 Å². The lowest BCUT2D eigenvalue weighted by molar-refractivity contribution is 0.139. The number of nitrogens with zero attached hydrogens (tertiary/aromatic N) is 2. The third-order valence-corrected chi connectivity index (χ3v) is 11.9. The summed E-state index contributed by atoms with van der Waals surface area (Å²) in [6.45, 7) is 14.9. The molecule has 0 N–H and O–H groups in total. The molecule has 0 spiro atoms. The Balaban J connectivity index is 2.48. The standard InChI is InChI=1S/C16H27FN2Si/c1-12(2)20(13(3)4,14(5)6)19-11-9-15-16(19)8-7-10-18(15)17/h7-10,12-14H,11H2,1-6H3. The van der Waals surface area contributed by atoms with E-state index in [0.29, 0.717) is 16.6 Å². The molecule has 0 unspecified atom stereocenters. The highest BCUT2D eigenvalue weighted by molar-refractivity contribution is 6.81. The second kappa shape index (κ2) is 5.39. The lowest BCUT2D eigenvalue weighted by atomic mass is 10.3. The highest BCUT2D eigenvalue weighted by atomic mass is 28.3. The highest BCUT2D eigenvalue weighted by Gasteiger charge is 2.50. The summed E-state index contributed by atoms with van der Waals surface area (Å²) in [6, 6.07) is 0. The predicted octanol–water partition coefficient (Wildman–Crippen LogP) is 4.96. The van der Waals surface area contributed by atoms with Gasteiger partial charge in [0.2, 0.25) is 0 Å². The molecule has 0 bridgehead atoms. The van der Waals surface area contributed by atoms with Crippen LogP contribution in [0, 0.1) is 0 Å². The van der Waals surface area contributed by atoms with Gasteiger partial charge in [0.05, 0.1) is 11.4 Å². The van der Waals surface area contributed by atoms with Crippen molar-refractivity contribution in [2.45, 2.75) is 58.2 Å². The maximum Gasteiger partial charge on any atom is 0.164 e. The molecule has 0 aromatic rings. The van der Waals surface area contributed by atoms with Gasteiger partial charge in [0.1, 0.15) is 0 Å². The molecule has 2 aliphatic heterocycles. The largest absolute Gasteiger partial charge is 0.391 e. The van der Waals surface area contributed by atoms with Crippen molar-refractivity contribution in [2.24, 2.45) is 0 Å². The quantitative estimate of drug-likeness (QED) is 0.534. The minimum Gasteiger partial charge on any atom is -0.391 e. The summed E-state index contributed by atoms with van der Waals surface area (Å²) in [4.78, 5) is 0. The first-order valence-corrected chi connectivity index (χ1v) is 9.83. The lowest BCUT2D eigenvalue weighted by Gasteiger charge is -2.51. The van der Waals surface area contributed by atoms with Crippen LogP contribution in [0.2, 0.25) is 16.6 Å². The maximum atomic E-state index is 13.9. The molecule has 0 atom stereocenters. The minimum absolute atomic E-state index is 0.634. The monoisotopic (exact) mass is 294 g/mol. The van der Waals surface area contributed by atoms with E-state index in [2.05, 4.69) is 52.2 Å². The first-order valence-electron chi connectivity index (χ1n) is 7.65. The summed E-state index contributed by atoms with van der Waals surface area (Å²) in [5.74, 6) is 0. The first kappa shape index (κ1) is 15.4. The van der Waals surface area contributed by atoms with Crippen LogP contribution in [-0.2, 0) is 0 Å². The van der Waals surface area contributed by atoms with Gasteiger partial charge in [-0.1, -0.05) is 46.0 Å². The SMILES string of the molecule is CC(C)[Si](C(C)C)(C(C)C)N1CC=C2C1=CC=CN2F. The molecule has 0 amide bonds. The number of hydrogen-bond donors (Lipinski definition) is 0. The van der Waals surface area contributed by atoms with Gasteiger partial charge in [0.25, 0.3) is 0 Å². The molecule has 2 aliphatic rings. The number of halogens is 1. The Bertz CT molecular complexity index is 441. The van der Waals surface area contributed by atoms with Gasteiger partial charge in [0.15, 0.2) is 8.24 Å². The van der Waals surface area contributed by atoms with E-state index in [1.807, 2.05) is 12.2 Å². The Morgan fingerprint density at radius 1 is 1.00 bits per heavy atom. The van der Waals surface area contributed by atoms with Gasteiger partial charge in [-0.3, -0.25) is 0 Å². The molecule has 0 radical (unpaired) electrons. The fourth-order valence-corrected chi connectivity index (χ4v) is 11.4. The van der Waals surface area contributed by atoms with Crippen molar-refractivity contribution in [1.29, 1.82) is 0 Å². The van der Waals surface area contributed by atoms with E-state index in [9.17, 15) is 4.48 Å². The van der Waals surface area contributed by atoms with E-state index in [1.54, 1.807) is 0 Å². The predicted molar refractivity (Wildman–Crippen MR) is 86.0 cm³/mol. The van der Waals surface area contributed by atoms with Crippen molar-refractivity contribution in [3.05, 3.63) is 35.8 Å². The van der Waals surface area contributed by atoms with Crippen LogP contribution in [0.3, 0.4) is 0 Å². The molecule has 0 saturated heterocycles. The van der Waals surface area contributed by atoms with Crippen LogP contribution in [0.25, 0.3) is 0 Å². The van der Waals surface area contributed by atoms with Crippen molar-refractivity contribution in [3.63, 3.8) is 0 Å². The summed E-state index contributed by atoms with van der Waals surface area (Å²) in [6.07, 6.45) is 7.40. The maximum absolute atomic E-state index is 13.9. The average Bonchev–Trinajstić information content (AvgIpc) is 2.74. The van der Waals surface area contributed by atoms with Crippen LogP contribution in [0.1, 0.15) is 41.5 Å². The second-order valence-electron chi connectivity index (χ2n) is 6.76. The fourth-order valence-electron chi connectivity index (χ4n) is 4.48. The Morgan fingerprint density at radius 3 is 2.05 bits per heavy atom. The number of fused-ring (bicyclic) bond motifs is 1. The molecule has 2 nitrogen and oxygen atoms in total. The van der Waals surface area contributed by atoms with Crippen molar-refractivity contribution in [1.82, 2.24) is 9.69 Å². The van der Waals surface area contributed by atoms with Gasteiger partial charge < -0.3 is 4.57 Å². The van der Waals surface area contributed by atoms with Crippen LogP contribution in [-0.4, -0.2) is 24.5 Å². The van der Waals surface area contributed by atoms with Crippen LogP contribution in [0.5, 0.6) is 0 Å². The van der Waals surface area contributed by atoms with E-state index in [-0.39, 0.29) is 0 Å². The molecule has 0 saturated carbocycles. The van der Waals surface area contributed by atoms with Gasteiger partial charge in [-0.25, -0.2) is 0 Å². The molecular formula is C16H27FN2Si. The molecule has 0 fully saturated rings. The molecule has 2 heterocycles. The van der Waals surface area contributed by atoms with Crippen molar-refractivity contribution in [2.75, 3.05) is 6.54 Å². The molecular weight excluding hydrogens is 267 g/mol. The lowest BCUT2D eigenvalue weighted by Crippen LogP contribution is -2.58. The molecule has 0 aliphatic carbocycles. The van der Waals surface area contributed by atoms with E-state index in [1.165, 1.54) is 6.20 Å². The van der Waals surface area contributed by atoms with Gasteiger partial charge in [-0.2, -0.15) is 5.12 Å². The minimum atomic E-state index is -1.75. The van der Waals surface area contributed by atoms with Gasteiger partial charge in [-0.05, 0) is 34.9 Å². The van der Waals surface area contributed by atoms with E-state index < -0.39 is 8.24 Å². The average molecular weight is 294 g/mol. The summed E-state index contributed by atoms with van der Waals surface area (Å²) < 4.78 is 16.5. The Labute approximate surface area is 123 Å². The van der Waals surface area contributed by atoms with Crippen molar-refractivity contribution in [3.8, 4) is 0 Å². The highest BCUT2D eigenvalue weighted by Crippen LogP contribution is 2.48. The van der Waals surface area contributed by atoms with Crippen molar-refractivity contribution >= 4 is 8.24 Å². The van der Waals surface area contributed by atoms with Gasteiger partial charge in [0, 0.05) is 12.7 Å². The second-order valence-corrected chi connectivity index (χ2v) is 12.5. The Morgan fingerprint density at radius 2 is 1.55 bits per heavy atom. The molecule has 0 aromatic carbocycles. The normalized spacial score (nSPS) is 19.1. The Hall–Kier alpha value is -1.03. The zero-order valence-corrected chi connectivity index (χ0v) is 14.5. The first-order chi connectivity index (χ1) is 9.33. The van der Waals surface area contributed by atoms with Crippen LogP contribution >= 0.6 is 0 Å². The fraction of sp³-hybridized carbons (Fsp3) is 0.625. The zero-order chi connectivity index (χ0) is 15.1. The summed E-state index contributed by atoms with van der Waals surface area (Å²) >= 11 is 0. The molecule has 2 rings (SSSR count). The van der Waals surface area contributed by atoms with Gasteiger partial charge in [-0.15, -0.1) is 0 Å². The molecule has 112 valence electrons. The number of hydrogen-bond acceptors (Lipinski definition) is 2. The van der Waals surface area contributed by atoms with E-state index >= 15 is 0 Å². The third-order valence-electron chi connectivity index (χ3n) is 4.96. The van der Waals surface area contributed by atoms with E-state index in [4.69, 9.17) is 0 Å². The smallest absolute Gasteiger partial charge is 0.164 e. The summed E-state index contributed by atoms with van der Waals surface area (Å²) in [5.41, 5.74) is 3.71. The van der Waals surface area contributed by atoms with E-state index in [0.717, 1.165) is 23.1 Å². The molecule has 0 aromatic heterocycles. The topological polar surface area (TPSA) is 6.48 Å². The molecule has 20 heavy (non-hydrogen) atoms. The van der Waals surface area contributed by atoms with Crippen LogP contribution in [0.15, 0.2) is 35.8 Å². The number of rotatable bonds is 4. The van der Waals surface area contributed by atoms with Crippen LogP contribution in [0.4, 0.5) is 4.48 Å². The van der Waals surface area contributed by atoms with Gasteiger partial charge >= 0.3 is 0 Å². The van der Waals surface area contributed by atoms with Crippen LogP contribution < -0.4 is 0 Å². The number of allylic oxidation sites excluding steroid dienone is 2. The molecule has 4 heteroatoms. The Kier molecular flexibility index (Phi) is 4.14.